The molecular weight excluding hydrogens is 270 g/mol. The minimum atomic E-state index is -3.57. The van der Waals surface area contributed by atoms with Crippen molar-refractivity contribution in [2.24, 2.45) is 0 Å². The average Bonchev–Trinajstić information content (AvgIpc) is 2.69. The maximum atomic E-state index is 12.5. The van der Waals surface area contributed by atoms with Gasteiger partial charge >= 0.3 is 0 Å². The van der Waals surface area contributed by atoms with Crippen molar-refractivity contribution in [3.63, 3.8) is 0 Å². The molecule has 0 aliphatic heterocycles. The van der Waals surface area contributed by atoms with Gasteiger partial charge < -0.3 is 0 Å². The van der Waals surface area contributed by atoms with Gasteiger partial charge in [-0.2, -0.15) is 0 Å². The predicted molar refractivity (Wildman–Crippen MR) is 71.4 cm³/mol. The fourth-order valence-corrected chi connectivity index (χ4v) is 4.38. The van der Waals surface area contributed by atoms with Crippen LogP contribution in [0.5, 0.6) is 0 Å². The molecule has 0 N–H and O–H groups in total. The summed E-state index contributed by atoms with van der Waals surface area (Å²) in [7, 11) is -2.09. The van der Waals surface area contributed by atoms with Crippen molar-refractivity contribution in [3.05, 3.63) is 34.4 Å². The fraction of sp³-hybridized carbons (Fsp3) is 0.273. The number of nitrogens with zero attached hydrogens (tertiary/aromatic N) is 3. The molecule has 0 saturated carbocycles. The molecule has 2 aromatic rings. The summed E-state index contributed by atoms with van der Waals surface area (Å²) in [6.07, 6.45) is 4.40. The first-order chi connectivity index (χ1) is 8.44. The lowest BCUT2D eigenvalue weighted by Gasteiger charge is -2.18. The van der Waals surface area contributed by atoms with E-state index < -0.39 is 10.0 Å². The molecule has 0 unspecified atom stereocenters. The van der Waals surface area contributed by atoms with E-state index in [1.54, 1.807) is 13.8 Å². The van der Waals surface area contributed by atoms with Crippen LogP contribution in [0.15, 0.2) is 28.9 Å². The number of rotatable bonds is 3. The van der Waals surface area contributed by atoms with Crippen LogP contribution in [-0.4, -0.2) is 25.4 Å². The van der Waals surface area contributed by atoms with E-state index in [2.05, 4.69) is 9.97 Å². The minimum Gasteiger partial charge on any atom is -0.259 e. The van der Waals surface area contributed by atoms with E-state index in [1.807, 2.05) is 5.38 Å². The van der Waals surface area contributed by atoms with Crippen LogP contribution in [0.2, 0.25) is 0 Å². The third-order valence-electron chi connectivity index (χ3n) is 2.58. The van der Waals surface area contributed by atoms with Gasteiger partial charge in [-0.05, 0) is 24.8 Å². The molecule has 2 heterocycles. The Labute approximate surface area is 110 Å². The van der Waals surface area contributed by atoms with E-state index >= 15 is 0 Å². The Kier molecular flexibility index (Phi) is 3.36. The Bertz CT molecular complexity index is 631. The highest BCUT2D eigenvalue weighted by atomic mass is 32.2. The highest BCUT2D eigenvalue weighted by molar-refractivity contribution is 7.93. The van der Waals surface area contributed by atoms with E-state index in [1.165, 1.54) is 37.0 Å². The molecule has 0 aliphatic rings. The zero-order valence-corrected chi connectivity index (χ0v) is 11.9. The Morgan fingerprint density at radius 2 is 2.00 bits per heavy atom. The van der Waals surface area contributed by atoms with Crippen molar-refractivity contribution in [1.29, 1.82) is 0 Å². The van der Waals surface area contributed by atoms with Crippen LogP contribution in [0.1, 0.15) is 10.4 Å². The second-order valence-electron chi connectivity index (χ2n) is 3.84. The number of thiophene rings is 1. The molecule has 0 bridgehead atoms. The van der Waals surface area contributed by atoms with Crippen LogP contribution in [0.4, 0.5) is 5.82 Å². The molecule has 0 fully saturated rings. The molecule has 0 spiro atoms. The molecule has 18 heavy (non-hydrogen) atoms. The van der Waals surface area contributed by atoms with Gasteiger partial charge in [-0.1, -0.05) is 0 Å². The van der Waals surface area contributed by atoms with Gasteiger partial charge in [0.2, 0.25) is 0 Å². The maximum Gasteiger partial charge on any atom is 0.266 e. The summed E-state index contributed by atoms with van der Waals surface area (Å²) < 4.78 is 26.2. The molecule has 0 saturated heterocycles. The number of anilines is 1. The predicted octanol–water partition coefficient (Wildman–Crippen LogP) is 1.98. The Morgan fingerprint density at radius 1 is 1.28 bits per heavy atom. The lowest BCUT2D eigenvalue weighted by molar-refractivity contribution is 0.593. The molecule has 2 aromatic heterocycles. The van der Waals surface area contributed by atoms with Crippen molar-refractivity contribution in [2.75, 3.05) is 11.4 Å². The lowest BCUT2D eigenvalue weighted by atomic mass is 10.3. The van der Waals surface area contributed by atoms with E-state index in [9.17, 15) is 8.42 Å². The van der Waals surface area contributed by atoms with Gasteiger partial charge in [-0.3, -0.25) is 9.29 Å². The molecule has 2 rings (SSSR count). The molecule has 5 nitrogen and oxygen atoms in total. The molecule has 0 aliphatic carbocycles. The van der Waals surface area contributed by atoms with Crippen molar-refractivity contribution >= 4 is 27.2 Å². The zero-order chi connectivity index (χ0) is 13.3. The second kappa shape index (κ2) is 4.66. The molecule has 0 aromatic carbocycles. The molecule has 7 heteroatoms. The monoisotopic (exact) mass is 283 g/mol. The smallest absolute Gasteiger partial charge is 0.259 e. The summed E-state index contributed by atoms with van der Waals surface area (Å²) in [4.78, 5) is 9.02. The summed E-state index contributed by atoms with van der Waals surface area (Å²) in [5.41, 5.74) is 0.758. The third kappa shape index (κ3) is 2.11. The third-order valence-corrected chi connectivity index (χ3v) is 5.79. The summed E-state index contributed by atoms with van der Waals surface area (Å²) in [6.45, 7) is 3.59. The van der Waals surface area contributed by atoms with Crippen molar-refractivity contribution in [1.82, 2.24) is 9.97 Å². The molecular formula is C11H13N3O2S2. The van der Waals surface area contributed by atoms with Gasteiger partial charge in [0.15, 0.2) is 5.82 Å². The zero-order valence-electron chi connectivity index (χ0n) is 10.3. The fourth-order valence-electron chi connectivity index (χ4n) is 1.66. The summed E-state index contributed by atoms with van der Waals surface area (Å²) in [5, 5.41) is 1.84. The van der Waals surface area contributed by atoms with Crippen molar-refractivity contribution < 1.29 is 8.42 Å². The summed E-state index contributed by atoms with van der Waals surface area (Å²) in [5.74, 6) is 0.308. The van der Waals surface area contributed by atoms with Crippen LogP contribution in [-0.2, 0) is 10.0 Å². The minimum absolute atomic E-state index is 0.308. The van der Waals surface area contributed by atoms with Gasteiger partial charge in [0.25, 0.3) is 10.0 Å². The van der Waals surface area contributed by atoms with Gasteiger partial charge in [-0.15, -0.1) is 11.3 Å². The first-order valence-corrected chi connectivity index (χ1v) is 7.56. The topological polar surface area (TPSA) is 63.2 Å². The van der Waals surface area contributed by atoms with Gasteiger partial charge in [0.1, 0.15) is 4.90 Å². The Morgan fingerprint density at radius 3 is 2.50 bits per heavy atom. The van der Waals surface area contributed by atoms with E-state index in [-0.39, 0.29) is 0 Å². The standard InChI is InChI=1S/C11H13N3O2S2/c1-8-7-17-9(2)11(8)18(15,16)14(3)10-6-12-4-5-13-10/h4-7H,1-3H3. The van der Waals surface area contributed by atoms with Crippen molar-refractivity contribution in [2.45, 2.75) is 18.7 Å². The van der Waals surface area contributed by atoms with E-state index in [0.717, 1.165) is 14.7 Å². The molecule has 0 amide bonds. The maximum absolute atomic E-state index is 12.5. The largest absolute Gasteiger partial charge is 0.266 e. The normalized spacial score (nSPS) is 11.5. The SMILES string of the molecule is Cc1csc(C)c1S(=O)(=O)N(C)c1cnccn1. The van der Waals surface area contributed by atoms with E-state index in [4.69, 9.17) is 0 Å². The van der Waals surface area contributed by atoms with Crippen LogP contribution in [0, 0.1) is 13.8 Å². The van der Waals surface area contributed by atoms with Gasteiger partial charge in [0.05, 0.1) is 6.20 Å². The Hall–Kier alpha value is -1.47. The number of aromatic nitrogens is 2. The average molecular weight is 283 g/mol. The quantitative estimate of drug-likeness (QED) is 0.864. The van der Waals surface area contributed by atoms with E-state index in [0.29, 0.717) is 10.7 Å². The van der Waals surface area contributed by atoms with Crippen LogP contribution >= 0.6 is 11.3 Å². The van der Waals surface area contributed by atoms with Crippen LogP contribution in [0.25, 0.3) is 0 Å². The highest BCUT2D eigenvalue weighted by Crippen LogP contribution is 2.29. The lowest BCUT2D eigenvalue weighted by Crippen LogP contribution is -2.28. The number of aryl methyl sites for hydroxylation is 2. The summed E-state index contributed by atoms with van der Waals surface area (Å²) in [6, 6.07) is 0. The van der Waals surface area contributed by atoms with Crippen molar-refractivity contribution in [3.8, 4) is 0 Å². The molecule has 96 valence electrons. The number of sulfonamides is 1. The number of hydrogen-bond acceptors (Lipinski definition) is 5. The number of hydrogen-bond donors (Lipinski definition) is 0. The van der Waals surface area contributed by atoms with Crippen LogP contribution in [0.3, 0.4) is 0 Å². The second-order valence-corrected chi connectivity index (χ2v) is 6.83. The van der Waals surface area contributed by atoms with Crippen LogP contribution < -0.4 is 4.31 Å². The first-order valence-electron chi connectivity index (χ1n) is 5.24. The first kappa shape index (κ1) is 13.0. The van der Waals surface area contributed by atoms with Gasteiger partial charge in [-0.25, -0.2) is 13.4 Å². The molecule has 0 atom stereocenters. The Balaban J connectivity index is 2.51. The van der Waals surface area contributed by atoms with Gasteiger partial charge in [0, 0.05) is 24.3 Å². The molecule has 0 radical (unpaired) electrons. The summed E-state index contributed by atoms with van der Waals surface area (Å²) >= 11 is 1.43. The highest BCUT2D eigenvalue weighted by Gasteiger charge is 2.27.